The van der Waals surface area contributed by atoms with Gasteiger partial charge in [0.2, 0.25) is 0 Å². The SMILES string of the molecule is CC/C=C\C/C=C\C/C=C\C/C=C\C/C=C\CCCCCCCCCCCCCCCCCCCC(=O)OCC(O)COP(=O)(O)OCC(O)COP(=O)(O)OCC(COC(=O)CCCCCCCCCCCCCCCCC/C=C\C/C=C\C/C=C\C/C=C\C/C=C\CC)OC(=O)CCCCCCC/C=C\CCCCCCCC. The summed E-state index contributed by atoms with van der Waals surface area (Å²) in [5.41, 5.74) is 0. The fourth-order valence-electron chi connectivity index (χ4n) is 12.9. The lowest BCUT2D eigenvalue weighted by Crippen LogP contribution is -2.30. The first-order valence-electron chi connectivity index (χ1n) is 46.5. The first kappa shape index (κ1) is 111. The van der Waals surface area contributed by atoms with Gasteiger partial charge in [-0.2, -0.15) is 0 Å². The molecule has 4 N–H and O–H groups in total. The molecule has 0 amide bonds. The average molecular weight is 1650 g/mol. The number of phosphoric acid groups is 2. The normalized spacial score (nSPS) is 14.4. The van der Waals surface area contributed by atoms with Crippen LogP contribution >= 0.6 is 15.6 Å². The molecular formula is C97H170O16P2. The van der Waals surface area contributed by atoms with E-state index in [1.165, 1.54) is 205 Å². The Kier molecular flexibility index (Phi) is 85.6. The molecule has 0 spiro atoms. The molecule has 0 radical (unpaired) electrons. The van der Waals surface area contributed by atoms with Crippen molar-refractivity contribution in [3.8, 4) is 0 Å². The van der Waals surface area contributed by atoms with Crippen molar-refractivity contribution in [3.05, 3.63) is 134 Å². The lowest BCUT2D eigenvalue weighted by Gasteiger charge is -2.21. The zero-order valence-electron chi connectivity index (χ0n) is 73.2. The zero-order chi connectivity index (χ0) is 83.6. The Bertz CT molecular complexity index is 2620. The maximum Gasteiger partial charge on any atom is 0.472 e. The predicted molar refractivity (Wildman–Crippen MR) is 482 cm³/mol. The van der Waals surface area contributed by atoms with E-state index in [2.05, 4.69) is 154 Å². The second-order valence-corrected chi connectivity index (χ2v) is 34.0. The number of allylic oxidation sites excluding steroid dienone is 22. The van der Waals surface area contributed by atoms with E-state index in [0.29, 0.717) is 19.3 Å². The van der Waals surface area contributed by atoms with Gasteiger partial charge in [-0.05, 0) is 135 Å². The number of esters is 3. The van der Waals surface area contributed by atoms with Gasteiger partial charge in [0, 0.05) is 19.3 Å². The summed E-state index contributed by atoms with van der Waals surface area (Å²) in [6, 6.07) is 0. The largest absolute Gasteiger partial charge is 0.472 e. The standard InChI is InChI=1S/C97H170O16P2/c1-4-7-10-13-16-19-22-25-28-30-32-34-36-38-40-42-44-45-47-49-50-52-54-56-58-60-63-65-68-71-74-77-80-83-95(100)107-86-92(98)87-109-114(103,104)110-88-93(99)89-111-115(105,106)112-91-94(113-97(102)85-82-79-76-73-70-67-62-27-24-21-18-15-12-9-6-3)90-108-96(101)84-81-78-75-72-69-66-64-61-59-57-55-53-51-48-46-43-41-39-37-35-33-31-29-26-23-20-17-14-11-8-5-2/h7-8,10-11,16-17,19-20,25-29,32-35,38-41,62,92-94,98-99H,4-6,9,12-15,18,21-24,30-31,36-37,42-61,63-91H2,1-3H3,(H,103,104)(H,105,106)/b10-7-,11-8-,19-16-,20-17-,28-25-,29-26-,34-32-,35-33-,40-38-,41-39-,62-27-. The van der Waals surface area contributed by atoms with Crippen LogP contribution in [0.25, 0.3) is 0 Å². The predicted octanol–water partition coefficient (Wildman–Crippen LogP) is 28.6. The number of aliphatic hydroxyl groups is 2. The molecule has 5 unspecified atom stereocenters. The lowest BCUT2D eigenvalue weighted by molar-refractivity contribution is -0.161. The van der Waals surface area contributed by atoms with Crippen LogP contribution in [0.5, 0.6) is 0 Å². The quantitative estimate of drug-likeness (QED) is 0.0146. The summed E-state index contributed by atoms with van der Waals surface area (Å²) in [6.45, 7) is 2.51. The summed E-state index contributed by atoms with van der Waals surface area (Å²) in [7, 11) is -9.80. The van der Waals surface area contributed by atoms with Crippen molar-refractivity contribution in [1.29, 1.82) is 0 Å². The van der Waals surface area contributed by atoms with Crippen LogP contribution in [0.1, 0.15) is 406 Å². The van der Waals surface area contributed by atoms with E-state index in [0.717, 1.165) is 141 Å². The van der Waals surface area contributed by atoms with Crippen LogP contribution in [0.4, 0.5) is 0 Å². The molecule has 0 aromatic rings. The summed E-state index contributed by atoms with van der Waals surface area (Å²) in [4.78, 5) is 58.9. The van der Waals surface area contributed by atoms with Gasteiger partial charge in [-0.1, -0.05) is 386 Å². The minimum absolute atomic E-state index is 0.0958. The summed E-state index contributed by atoms with van der Waals surface area (Å²) >= 11 is 0. The molecule has 664 valence electrons. The summed E-state index contributed by atoms with van der Waals surface area (Å²) in [5.74, 6) is -1.57. The van der Waals surface area contributed by atoms with Crippen molar-refractivity contribution in [2.24, 2.45) is 0 Å². The van der Waals surface area contributed by atoms with Gasteiger partial charge in [0.25, 0.3) is 0 Å². The number of phosphoric ester groups is 2. The molecular weight excluding hydrogens is 1480 g/mol. The molecule has 16 nitrogen and oxygen atoms in total. The van der Waals surface area contributed by atoms with Crippen LogP contribution in [0.2, 0.25) is 0 Å². The van der Waals surface area contributed by atoms with Crippen LogP contribution in [0.3, 0.4) is 0 Å². The van der Waals surface area contributed by atoms with Crippen LogP contribution in [-0.2, 0) is 55.8 Å². The summed E-state index contributed by atoms with van der Waals surface area (Å²) in [5, 5.41) is 20.7. The summed E-state index contributed by atoms with van der Waals surface area (Å²) < 4.78 is 61.4. The van der Waals surface area contributed by atoms with Gasteiger partial charge in [0.05, 0.1) is 26.4 Å². The van der Waals surface area contributed by atoms with Gasteiger partial charge >= 0.3 is 33.6 Å². The maximum atomic E-state index is 13.0. The first-order chi connectivity index (χ1) is 56.2. The smallest absolute Gasteiger partial charge is 0.463 e. The lowest BCUT2D eigenvalue weighted by atomic mass is 10.0. The van der Waals surface area contributed by atoms with Crippen molar-refractivity contribution in [3.63, 3.8) is 0 Å². The van der Waals surface area contributed by atoms with Crippen LogP contribution in [0.15, 0.2) is 134 Å². The topological polar surface area (TPSA) is 231 Å². The molecule has 0 aromatic heterocycles. The van der Waals surface area contributed by atoms with Gasteiger partial charge in [-0.3, -0.25) is 32.5 Å². The highest BCUT2D eigenvalue weighted by Crippen LogP contribution is 2.45. The number of hydrogen-bond acceptors (Lipinski definition) is 14. The van der Waals surface area contributed by atoms with E-state index in [9.17, 15) is 43.5 Å². The van der Waals surface area contributed by atoms with E-state index >= 15 is 0 Å². The van der Waals surface area contributed by atoms with E-state index in [1.54, 1.807) is 0 Å². The third kappa shape index (κ3) is 90.3. The van der Waals surface area contributed by atoms with Crippen LogP contribution in [0, 0.1) is 0 Å². The van der Waals surface area contributed by atoms with E-state index in [-0.39, 0.29) is 19.3 Å². The van der Waals surface area contributed by atoms with Gasteiger partial charge in [0.1, 0.15) is 25.4 Å². The number of carbonyl (C=O) groups excluding carboxylic acids is 3. The van der Waals surface area contributed by atoms with Gasteiger partial charge < -0.3 is 34.2 Å². The van der Waals surface area contributed by atoms with Crippen molar-refractivity contribution in [2.45, 2.75) is 424 Å². The Morgan fingerprint density at radius 2 is 0.461 bits per heavy atom. The fourth-order valence-corrected chi connectivity index (χ4v) is 14.4. The monoisotopic (exact) mass is 1650 g/mol. The molecule has 0 aliphatic heterocycles. The second-order valence-electron chi connectivity index (χ2n) is 31.0. The molecule has 0 aliphatic rings. The summed E-state index contributed by atoms with van der Waals surface area (Å²) in [6.07, 6.45) is 111. The number of ether oxygens (including phenoxy) is 3. The molecule has 0 saturated carbocycles. The highest BCUT2D eigenvalue weighted by molar-refractivity contribution is 7.47. The Balaban J connectivity index is 4.43. The molecule has 0 aromatic carbocycles. The molecule has 0 heterocycles. The third-order valence-electron chi connectivity index (χ3n) is 19.8. The second kappa shape index (κ2) is 89.0. The number of unbranched alkanes of at least 4 members (excludes halogenated alkanes) is 43. The minimum Gasteiger partial charge on any atom is -0.463 e. The van der Waals surface area contributed by atoms with Gasteiger partial charge in [-0.15, -0.1) is 0 Å². The number of aliphatic hydroxyl groups excluding tert-OH is 2. The average Bonchev–Trinajstić information content (AvgIpc) is 0.898. The van der Waals surface area contributed by atoms with Crippen LogP contribution in [-0.4, -0.2) is 95.9 Å². The number of hydrogen-bond donors (Lipinski definition) is 4. The molecule has 115 heavy (non-hydrogen) atoms. The third-order valence-corrected chi connectivity index (χ3v) is 21.7. The molecule has 5 atom stereocenters. The molecule has 0 saturated heterocycles. The van der Waals surface area contributed by atoms with Crippen molar-refractivity contribution >= 4 is 33.6 Å². The Labute approximate surface area is 703 Å². The molecule has 0 fully saturated rings. The van der Waals surface area contributed by atoms with Gasteiger partial charge in [0.15, 0.2) is 6.10 Å². The number of carbonyl (C=O) groups is 3. The molecule has 0 bridgehead atoms. The van der Waals surface area contributed by atoms with Crippen LogP contribution < -0.4 is 0 Å². The highest BCUT2D eigenvalue weighted by Gasteiger charge is 2.29. The Morgan fingerprint density at radius 1 is 0.252 bits per heavy atom. The van der Waals surface area contributed by atoms with Gasteiger partial charge in [-0.25, -0.2) is 9.13 Å². The van der Waals surface area contributed by atoms with E-state index < -0.39 is 91.5 Å². The fraction of sp³-hybridized carbons (Fsp3) is 0.742. The van der Waals surface area contributed by atoms with Crippen molar-refractivity contribution in [1.82, 2.24) is 0 Å². The Hall–Kier alpha value is -4.31. The van der Waals surface area contributed by atoms with Crippen molar-refractivity contribution < 1.29 is 75.8 Å². The molecule has 18 heteroatoms. The van der Waals surface area contributed by atoms with Crippen molar-refractivity contribution in [2.75, 3.05) is 39.6 Å². The maximum absolute atomic E-state index is 13.0. The first-order valence-corrected chi connectivity index (χ1v) is 49.5. The van der Waals surface area contributed by atoms with E-state index in [1.807, 2.05) is 0 Å². The number of rotatable bonds is 88. The molecule has 0 rings (SSSR count). The zero-order valence-corrected chi connectivity index (χ0v) is 75.0. The molecule has 0 aliphatic carbocycles. The minimum atomic E-state index is -4.94. The highest BCUT2D eigenvalue weighted by atomic mass is 31.2. The Morgan fingerprint density at radius 3 is 0.739 bits per heavy atom. The van der Waals surface area contributed by atoms with E-state index in [4.69, 9.17) is 32.3 Å².